The molecule has 1 unspecified atom stereocenters. The van der Waals surface area contributed by atoms with Crippen LogP contribution in [0.1, 0.15) is 11.9 Å². The third-order valence-corrected chi connectivity index (χ3v) is 2.37. The van der Waals surface area contributed by atoms with Crippen molar-refractivity contribution in [3.05, 3.63) is 24.2 Å². The first kappa shape index (κ1) is 10.1. The van der Waals surface area contributed by atoms with Crippen molar-refractivity contribution in [1.29, 1.82) is 0 Å². The summed E-state index contributed by atoms with van der Waals surface area (Å²) in [6.07, 6.45) is 1.72. The Kier molecular flexibility index (Phi) is 2.66. The van der Waals surface area contributed by atoms with Gasteiger partial charge in [0.05, 0.1) is 18.2 Å². The number of aromatic nitrogens is 3. The van der Waals surface area contributed by atoms with Gasteiger partial charge in [-0.1, -0.05) is 0 Å². The molecule has 0 aromatic carbocycles. The minimum Gasteiger partial charge on any atom is -0.383 e. The van der Waals surface area contributed by atoms with Crippen LogP contribution in [-0.4, -0.2) is 28.3 Å². The number of pyridine rings is 1. The van der Waals surface area contributed by atoms with E-state index in [9.17, 15) is 0 Å². The molecule has 0 saturated carbocycles. The van der Waals surface area contributed by atoms with Crippen molar-refractivity contribution in [2.75, 3.05) is 13.7 Å². The van der Waals surface area contributed by atoms with E-state index in [4.69, 9.17) is 10.5 Å². The van der Waals surface area contributed by atoms with Crippen LogP contribution in [0.2, 0.25) is 0 Å². The van der Waals surface area contributed by atoms with Gasteiger partial charge in [0.2, 0.25) is 0 Å². The minimum atomic E-state index is -0.214. The average Bonchev–Trinajstić information content (AvgIpc) is 2.57. The fourth-order valence-corrected chi connectivity index (χ4v) is 1.63. The zero-order valence-electron chi connectivity index (χ0n) is 8.84. The quantitative estimate of drug-likeness (QED) is 0.799. The zero-order chi connectivity index (χ0) is 10.8. The highest BCUT2D eigenvalue weighted by atomic mass is 16.5. The van der Waals surface area contributed by atoms with Crippen LogP contribution in [0, 0.1) is 0 Å². The van der Waals surface area contributed by atoms with E-state index < -0.39 is 0 Å². The molecule has 0 aliphatic heterocycles. The maximum Gasteiger partial charge on any atom is 0.177 e. The topological polar surface area (TPSA) is 66.0 Å². The third kappa shape index (κ3) is 1.71. The standard InChI is InChI=1S/C10H14N4O/c1-14-8-4-3-5-12-9(8)13-10(14)7(11)6-15-2/h3-5,7H,6,11H2,1-2H3. The van der Waals surface area contributed by atoms with E-state index in [1.165, 1.54) is 0 Å². The maximum absolute atomic E-state index is 5.93. The smallest absolute Gasteiger partial charge is 0.177 e. The van der Waals surface area contributed by atoms with E-state index in [-0.39, 0.29) is 6.04 Å². The molecule has 0 aliphatic rings. The number of hydrogen-bond acceptors (Lipinski definition) is 4. The normalized spacial score (nSPS) is 13.3. The lowest BCUT2D eigenvalue weighted by molar-refractivity contribution is 0.177. The van der Waals surface area contributed by atoms with Gasteiger partial charge in [-0.05, 0) is 12.1 Å². The Morgan fingerprint density at radius 2 is 2.40 bits per heavy atom. The fourth-order valence-electron chi connectivity index (χ4n) is 1.63. The van der Waals surface area contributed by atoms with Crippen molar-refractivity contribution in [3.8, 4) is 0 Å². The van der Waals surface area contributed by atoms with Crippen LogP contribution in [0.5, 0.6) is 0 Å². The molecule has 5 nitrogen and oxygen atoms in total. The van der Waals surface area contributed by atoms with E-state index in [1.807, 2.05) is 23.7 Å². The molecule has 2 rings (SSSR count). The lowest BCUT2D eigenvalue weighted by Crippen LogP contribution is -2.20. The van der Waals surface area contributed by atoms with Crippen molar-refractivity contribution in [2.24, 2.45) is 12.8 Å². The molecule has 0 amide bonds. The predicted molar refractivity (Wildman–Crippen MR) is 57.3 cm³/mol. The van der Waals surface area contributed by atoms with Crippen LogP contribution in [0.4, 0.5) is 0 Å². The number of rotatable bonds is 3. The Labute approximate surface area is 87.9 Å². The SMILES string of the molecule is COCC(N)c1nc2ncccc2n1C. The summed E-state index contributed by atoms with van der Waals surface area (Å²) in [7, 11) is 3.56. The maximum atomic E-state index is 5.93. The fraction of sp³-hybridized carbons (Fsp3) is 0.400. The molecule has 0 aliphatic carbocycles. The summed E-state index contributed by atoms with van der Waals surface area (Å²) >= 11 is 0. The van der Waals surface area contributed by atoms with Gasteiger partial charge >= 0.3 is 0 Å². The first-order valence-corrected chi connectivity index (χ1v) is 4.76. The molecule has 1 atom stereocenters. The number of methoxy groups -OCH3 is 1. The molecule has 0 bridgehead atoms. The van der Waals surface area contributed by atoms with Gasteiger partial charge in [-0.3, -0.25) is 0 Å². The summed E-state index contributed by atoms with van der Waals surface area (Å²) in [5.74, 6) is 0.797. The summed E-state index contributed by atoms with van der Waals surface area (Å²) in [5, 5.41) is 0. The van der Waals surface area contributed by atoms with Crippen LogP contribution in [0.15, 0.2) is 18.3 Å². The molecule has 2 aromatic rings. The molecule has 2 heterocycles. The van der Waals surface area contributed by atoms with Crippen LogP contribution in [-0.2, 0) is 11.8 Å². The van der Waals surface area contributed by atoms with Crippen LogP contribution < -0.4 is 5.73 Å². The largest absolute Gasteiger partial charge is 0.383 e. The predicted octanol–water partition coefficient (Wildman–Crippen LogP) is 0.614. The highest BCUT2D eigenvalue weighted by Gasteiger charge is 2.14. The highest BCUT2D eigenvalue weighted by Crippen LogP contribution is 2.16. The molecule has 0 fully saturated rings. The molecule has 80 valence electrons. The van der Waals surface area contributed by atoms with E-state index in [0.717, 1.165) is 17.0 Å². The number of ether oxygens (including phenoxy) is 1. The van der Waals surface area contributed by atoms with E-state index in [0.29, 0.717) is 6.61 Å². The van der Waals surface area contributed by atoms with Gasteiger partial charge in [-0.25, -0.2) is 9.97 Å². The lowest BCUT2D eigenvalue weighted by Gasteiger charge is -2.09. The summed E-state index contributed by atoms with van der Waals surface area (Å²) in [4.78, 5) is 8.55. The number of imidazole rings is 1. The van der Waals surface area contributed by atoms with Gasteiger partial charge in [0.25, 0.3) is 0 Å². The number of nitrogens with two attached hydrogens (primary N) is 1. The van der Waals surface area contributed by atoms with Gasteiger partial charge in [-0.15, -0.1) is 0 Å². The Balaban J connectivity index is 2.48. The van der Waals surface area contributed by atoms with Crippen molar-refractivity contribution < 1.29 is 4.74 Å². The number of hydrogen-bond donors (Lipinski definition) is 1. The first-order valence-electron chi connectivity index (χ1n) is 4.76. The van der Waals surface area contributed by atoms with E-state index in [1.54, 1.807) is 13.3 Å². The van der Waals surface area contributed by atoms with Crippen LogP contribution in [0.25, 0.3) is 11.2 Å². The number of aryl methyl sites for hydroxylation is 1. The molecule has 15 heavy (non-hydrogen) atoms. The van der Waals surface area contributed by atoms with E-state index in [2.05, 4.69) is 9.97 Å². The summed E-state index contributed by atoms with van der Waals surface area (Å²) in [6.45, 7) is 0.456. The number of nitrogens with zero attached hydrogens (tertiary/aromatic N) is 3. The minimum absolute atomic E-state index is 0.214. The molecular weight excluding hydrogens is 192 g/mol. The molecule has 2 N–H and O–H groups in total. The van der Waals surface area contributed by atoms with Crippen LogP contribution in [0.3, 0.4) is 0 Å². The Morgan fingerprint density at radius 1 is 1.60 bits per heavy atom. The summed E-state index contributed by atoms with van der Waals surface area (Å²) in [6, 6.07) is 3.64. The molecule has 0 saturated heterocycles. The monoisotopic (exact) mass is 206 g/mol. The molecule has 5 heteroatoms. The second-order valence-electron chi connectivity index (χ2n) is 3.44. The molecule has 0 radical (unpaired) electrons. The number of fused-ring (bicyclic) bond motifs is 1. The van der Waals surface area contributed by atoms with Gasteiger partial charge in [0.1, 0.15) is 5.82 Å². The lowest BCUT2D eigenvalue weighted by atomic mass is 10.3. The van der Waals surface area contributed by atoms with Gasteiger partial charge < -0.3 is 15.0 Å². The Morgan fingerprint density at radius 3 is 3.07 bits per heavy atom. The second-order valence-corrected chi connectivity index (χ2v) is 3.44. The van der Waals surface area contributed by atoms with Crippen LogP contribution >= 0.6 is 0 Å². The Hall–Kier alpha value is -1.46. The average molecular weight is 206 g/mol. The summed E-state index contributed by atoms with van der Waals surface area (Å²) < 4.78 is 6.96. The van der Waals surface area contributed by atoms with Gasteiger partial charge in [-0.2, -0.15) is 0 Å². The second kappa shape index (κ2) is 3.96. The van der Waals surface area contributed by atoms with Crippen molar-refractivity contribution in [3.63, 3.8) is 0 Å². The van der Waals surface area contributed by atoms with E-state index >= 15 is 0 Å². The highest BCUT2D eigenvalue weighted by molar-refractivity contribution is 5.71. The van der Waals surface area contributed by atoms with Gasteiger partial charge in [0.15, 0.2) is 5.65 Å². The zero-order valence-corrected chi connectivity index (χ0v) is 8.84. The van der Waals surface area contributed by atoms with Crippen molar-refractivity contribution in [1.82, 2.24) is 14.5 Å². The molecule has 2 aromatic heterocycles. The summed E-state index contributed by atoms with van der Waals surface area (Å²) in [5.41, 5.74) is 7.64. The Bertz CT molecular complexity index is 465. The third-order valence-electron chi connectivity index (χ3n) is 2.37. The molecular formula is C10H14N4O. The van der Waals surface area contributed by atoms with Crippen molar-refractivity contribution >= 4 is 11.2 Å². The van der Waals surface area contributed by atoms with Gasteiger partial charge in [0, 0.05) is 20.4 Å². The van der Waals surface area contributed by atoms with Crippen molar-refractivity contribution in [2.45, 2.75) is 6.04 Å². The first-order chi connectivity index (χ1) is 7.24. The molecule has 0 spiro atoms.